The molecule has 1 fully saturated rings. The highest BCUT2D eigenvalue weighted by Crippen LogP contribution is 2.25. The molecule has 1 aliphatic rings. The fraction of sp³-hybridized carbons (Fsp3) is 0.409. The summed E-state index contributed by atoms with van der Waals surface area (Å²) in [4.78, 5) is 28.6. The molecular weight excluding hydrogens is 409 g/mol. The first-order chi connectivity index (χ1) is 14.4. The summed E-state index contributed by atoms with van der Waals surface area (Å²) in [6, 6.07) is 6.04. The number of ether oxygens (including phenoxy) is 1. The Morgan fingerprint density at radius 3 is 2.67 bits per heavy atom. The highest BCUT2D eigenvalue weighted by molar-refractivity contribution is 6.30. The van der Waals surface area contributed by atoms with Crippen LogP contribution in [0.3, 0.4) is 0 Å². The van der Waals surface area contributed by atoms with Crippen molar-refractivity contribution in [2.24, 2.45) is 5.92 Å². The van der Waals surface area contributed by atoms with E-state index in [9.17, 15) is 14.0 Å². The van der Waals surface area contributed by atoms with Gasteiger partial charge in [0.2, 0.25) is 5.91 Å². The summed E-state index contributed by atoms with van der Waals surface area (Å²) >= 11 is 5.62. The van der Waals surface area contributed by atoms with Crippen molar-refractivity contribution in [2.45, 2.75) is 45.2 Å². The van der Waals surface area contributed by atoms with Crippen molar-refractivity contribution in [1.29, 1.82) is 0 Å². The first-order valence-corrected chi connectivity index (χ1v) is 10.3. The maximum Gasteiger partial charge on any atom is 0.258 e. The molecule has 160 valence electrons. The second-order valence-corrected chi connectivity index (χ2v) is 7.98. The van der Waals surface area contributed by atoms with E-state index in [4.69, 9.17) is 16.3 Å². The Labute approximate surface area is 180 Å². The molecule has 0 spiro atoms. The molecule has 1 heterocycles. The van der Waals surface area contributed by atoms with Gasteiger partial charge in [-0.25, -0.2) is 4.39 Å². The maximum absolute atomic E-state index is 13.4. The van der Waals surface area contributed by atoms with E-state index < -0.39 is 5.82 Å². The third kappa shape index (κ3) is 6.42. The zero-order valence-corrected chi connectivity index (χ0v) is 17.5. The molecule has 1 saturated carbocycles. The zero-order valence-electron chi connectivity index (χ0n) is 16.8. The van der Waals surface area contributed by atoms with Crippen LogP contribution in [0.2, 0.25) is 5.02 Å². The number of nitrogens with one attached hydrogen (secondary N) is 2. The maximum atomic E-state index is 13.4. The molecule has 0 bridgehead atoms. The average molecular weight is 434 g/mol. The van der Waals surface area contributed by atoms with Crippen LogP contribution >= 0.6 is 11.6 Å². The first kappa shape index (κ1) is 22.0. The minimum atomic E-state index is -0.593. The van der Waals surface area contributed by atoms with Gasteiger partial charge in [0.05, 0.1) is 5.02 Å². The van der Waals surface area contributed by atoms with Gasteiger partial charge < -0.3 is 15.4 Å². The van der Waals surface area contributed by atoms with Crippen molar-refractivity contribution in [3.63, 3.8) is 0 Å². The van der Waals surface area contributed by atoms with Gasteiger partial charge >= 0.3 is 0 Å². The van der Waals surface area contributed by atoms with Gasteiger partial charge in [-0.2, -0.15) is 0 Å². The van der Waals surface area contributed by atoms with E-state index in [-0.39, 0.29) is 41.2 Å². The van der Waals surface area contributed by atoms with Crippen LogP contribution in [0.15, 0.2) is 36.7 Å². The van der Waals surface area contributed by atoms with E-state index in [2.05, 4.69) is 15.6 Å². The molecule has 0 radical (unpaired) electrons. The summed E-state index contributed by atoms with van der Waals surface area (Å²) in [7, 11) is 0. The summed E-state index contributed by atoms with van der Waals surface area (Å²) in [6.45, 7) is 2.23. The number of amides is 2. The number of hydrogen-bond acceptors (Lipinski definition) is 4. The minimum absolute atomic E-state index is 0.00291. The second-order valence-electron chi connectivity index (χ2n) is 7.57. The Morgan fingerprint density at radius 2 is 1.97 bits per heavy atom. The molecular formula is C22H25ClFN3O3. The molecule has 6 nitrogen and oxygen atoms in total. The molecule has 0 unspecified atom stereocenters. The molecule has 2 aromatic rings. The minimum Gasteiger partial charge on any atom is -0.484 e. The van der Waals surface area contributed by atoms with E-state index in [1.165, 1.54) is 12.1 Å². The Bertz CT molecular complexity index is 901. The summed E-state index contributed by atoms with van der Waals surface area (Å²) in [6.07, 6.45) is 6.41. The summed E-state index contributed by atoms with van der Waals surface area (Å²) in [5.74, 6) is -0.634. The lowest BCUT2D eigenvalue weighted by Crippen LogP contribution is -2.42. The van der Waals surface area contributed by atoms with Gasteiger partial charge in [0.25, 0.3) is 5.91 Å². The number of aromatic nitrogens is 1. The lowest BCUT2D eigenvalue weighted by Gasteiger charge is -2.28. The number of carbonyl (C=O) groups is 2. The average Bonchev–Trinajstić information content (AvgIpc) is 2.73. The third-order valence-corrected chi connectivity index (χ3v) is 5.43. The molecule has 1 aliphatic carbocycles. The quantitative estimate of drug-likeness (QED) is 0.699. The molecule has 1 aromatic carbocycles. The smallest absolute Gasteiger partial charge is 0.258 e. The highest BCUT2D eigenvalue weighted by Gasteiger charge is 2.27. The predicted octanol–water partition coefficient (Wildman–Crippen LogP) is 3.55. The Hall–Kier alpha value is -2.67. The number of rotatable bonds is 7. The van der Waals surface area contributed by atoms with Gasteiger partial charge in [0, 0.05) is 37.0 Å². The molecule has 0 aliphatic heterocycles. The van der Waals surface area contributed by atoms with E-state index in [0.29, 0.717) is 19.4 Å². The Morgan fingerprint density at radius 1 is 1.20 bits per heavy atom. The number of aryl methyl sites for hydroxylation is 1. The van der Waals surface area contributed by atoms with Crippen molar-refractivity contribution >= 4 is 23.4 Å². The van der Waals surface area contributed by atoms with Crippen molar-refractivity contribution < 1.29 is 18.7 Å². The van der Waals surface area contributed by atoms with Crippen LogP contribution in [0.1, 0.15) is 36.8 Å². The highest BCUT2D eigenvalue weighted by atomic mass is 35.5. The van der Waals surface area contributed by atoms with Crippen LogP contribution in [-0.4, -0.2) is 29.4 Å². The van der Waals surface area contributed by atoms with Crippen LogP contribution in [-0.2, 0) is 16.1 Å². The van der Waals surface area contributed by atoms with Crippen molar-refractivity contribution in [3.8, 4) is 5.75 Å². The van der Waals surface area contributed by atoms with E-state index >= 15 is 0 Å². The monoisotopic (exact) mass is 433 g/mol. The number of pyridine rings is 1. The molecule has 2 amide bonds. The van der Waals surface area contributed by atoms with Crippen LogP contribution in [0.5, 0.6) is 5.75 Å². The normalized spacial score (nSPS) is 18.5. The van der Waals surface area contributed by atoms with Crippen LogP contribution in [0, 0.1) is 18.7 Å². The van der Waals surface area contributed by atoms with Crippen molar-refractivity contribution in [2.75, 3.05) is 6.61 Å². The summed E-state index contributed by atoms with van der Waals surface area (Å²) < 4.78 is 18.7. The van der Waals surface area contributed by atoms with Gasteiger partial charge in [0.15, 0.2) is 6.61 Å². The summed E-state index contributed by atoms with van der Waals surface area (Å²) in [5, 5.41) is 5.89. The van der Waals surface area contributed by atoms with E-state index in [1.807, 2.05) is 13.0 Å². The predicted molar refractivity (Wildman–Crippen MR) is 112 cm³/mol. The fourth-order valence-corrected chi connectivity index (χ4v) is 3.65. The fourth-order valence-electron chi connectivity index (χ4n) is 3.53. The van der Waals surface area contributed by atoms with Gasteiger partial charge in [-0.1, -0.05) is 17.7 Å². The van der Waals surface area contributed by atoms with Gasteiger partial charge in [-0.15, -0.1) is 0 Å². The molecule has 2 N–H and O–H groups in total. The lowest BCUT2D eigenvalue weighted by atomic mass is 9.85. The van der Waals surface area contributed by atoms with Crippen LogP contribution in [0.25, 0.3) is 0 Å². The van der Waals surface area contributed by atoms with Gasteiger partial charge in [-0.05, 0) is 55.9 Å². The van der Waals surface area contributed by atoms with Crippen LogP contribution < -0.4 is 15.4 Å². The lowest BCUT2D eigenvalue weighted by molar-refractivity contribution is -0.126. The SMILES string of the molecule is Cc1cncc(CNC(=O)[C@H]2CC[C@H](NC(=O)COc3ccc(Cl)c(F)c3)CC2)c1. The van der Waals surface area contributed by atoms with Crippen molar-refractivity contribution in [1.82, 2.24) is 15.6 Å². The van der Waals surface area contributed by atoms with E-state index in [1.54, 1.807) is 12.4 Å². The molecule has 0 saturated heterocycles. The molecule has 0 atom stereocenters. The largest absolute Gasteiger partial charge is 0.484 e. The van der Waals surface area contributed by atoms with Crippen molar-refractivity contribution in [3.05, 3.63) is 58.6 Å². The molecule has 3 rings (SSSR count). The van der Waals surface area contributed by atoms with E-state index in [0.717, 1.165) is 30.0 Å². The molecule has 30 heavy (non-hydrogen) atoms. The Balaban J connectivity index is 1.36. The standard InChI is InChI=1S/C22H25ClFN3O3/c1-14-8-15(11-25-10-14)12-26-22(29)16-2-4-17(5-3-16)27-21(28)13-30-18-6-7-19(23)20(24)9-18/h6-11,16-17H,2-5,12-13H2,1H3,(H,26,29)(H,27,28)/t16-,17-. The number of halogens is 2. The number of nitrogens with zero attached hydrogens (tertiary/aromatic N) is 1. The van der Waals surface area contributed by atoms with Gasteiger partial charge in [0.1, 0.15) is 11.6 Å². The number of hydrogen-bond donors (Lipinski definition) is 2. The van der Waals surface area contributed by atoms with Gasteiger partial charge in [-0.3, -0.25) is 14.6 Å². The molecule has 1 aromatic heterocycles. The third-order valence-electron chi connectivity index (χ3n) is 5.12. The van der Waals surface area contributed by atoms with Crippen LogP contribution in [0.4, 0.5) is 4.39 Å². The zero-order chi connectivity index (χ0) is 21.5. The first-order valence-electron chi connectivity index (χ1n) is 9.96. The summed E-state index contributed by atoms with van der Waals surface area (Å²) in [5.41, 5.74) is 2.04. The second kappa shape index (κ2) is 10.4. The molecule has 8 heteroatoms. The number of benzene rings is 1. The Kier molecular flexibility index (Phi) is 7.63. The topological polar surface area (TPSA) is 80.3 Å². The number of carbonyl (C=O) groups excluding carboxylic acids is 2.